The monoisotopic (exact) mass is 392 g/mol. The van der Waals surface area contributed by atoms with E-state index in [0.717, 1.165) is 47.3 Å². The Morgan fingerprint density at radius 1 is 1.38 bits per heavy atom. The van der Waals surface area contributed by atoms with Crippen LogP contribution in [0.2, 0.25) is 0 Å². The zero-order valence-corrected chi connectivity index (χ0v) is 15.7. The summed E-state index contributed by atoms with van der Waals surface area (Å²) in [5.74, 6) is 1.52. The first-order valence-electron chi connectivity index (χ1n) is 8.30. The maximum atomic E-state index is 13.3. The molecule has 2 heterocycles. The molecule has 4 rings (SSSR count). The van der Waals surface area contributed by atoms with Gasteiger partial charge in [0.25, 0.3) is 5.91 Å². The Bertz CT molecular complexity index is 740. The number of fused-ring (bicyclic) bond motifs is 3. The topological polar surface area (TPSA) is 51.1 Å². The summed E-state index contributed by atoms with van der Waals surface area (Å²) in [6.45, 7) is 1.89. The van der Waals surface area contributed by atoms with Gasteiger partial charge in [-0.2, -0.15) is 0 Å². The van der Waals surface area contributed by atoms with E-state index in [2.05, 4.69) is 15.9 Å². The molecule has 1 aliphatic carbocycles. The van der Waals surface area contributed by atoms with Gasteiger partial charge >= 0.3 is 0 Å². The van der Waals surface area contributed by atoms with Gasteiger partial charge in [-0.25, -0.2) is 4.99 Å². The zero-order chi connectivity index (χ0) is 17.1. The number of ether oxygens (including phenoxy) is 2. The molecule has 1 aromatic rings. The summed E-state index contributed by atoms with van der Waals surface area (Å²) in [7, 11) is 3.54. The van der Waals surface area contributed by atoms with Crippen molar-refractivity contribution in [2.75, 3.05) is 14.2 Å². The Morgan fingerprint density at radius 3 is 2.67 bits per heavy atom. The van der Waals surface area contributed by atoms with Gasteiger partial charge in [0.1, 0.15) is 17.2 Å². The van der Waals surface area contributed by atoms with Crippen LogP contribution in [0.5, 0.6) is 5.75 Å². The van der Waals surface area contributed by atoms with Gasteiger partial charge in [-0.05, 0) is 50.8 Å². The molecule has 1 saturated carbocycles. The molecule has 1 fully saturated rings. The number of likely N-dealkylation sites (N-methyl/N-ethyl adjacent to an activating group) is 1. The molecule has 128 valence electrons. The zero-order valence-electron chi connectivity index (χ0n) is 14.1. The number of nitrogens with zero attached hydrogens (tertiary/aromatic N) is 2. The van der Waals surface area contributed by atoms with E-state index in [0.29, 0.717) is 0 Å². The number of methoxy groups -OCH3 is 1. The summed E-state index contributed by atoms with van der Waals surface area (Å²) in [6, 6.07) is 5.88. The highest BCUT2D eigenvalue weighted by atomic mass is 79.9. The molecule has 24 heavy (non-hydrogen) atoms. The maximum Gasteiger partial charge on any atom is 0.264 e. The fourth-order valence-electron chi connectivity index (χ4n) is 4.39. The van der Waals surface area contributed by atoms with Crippen molar-refractivity contribution in [3.63, 3.8) is 0 Å². The predicted molar refractivity (Wildman–Crippen MR) is 94.3 cm³/mol. The number of hydrogen-bond acceptors (Lipinski definition) is 4. The van der Waals surface area contributed by atoms with Gasteiger partial charge in [0, 0.05) is 24.2 Å². The van der Waals surface area contributed by atoms with Gasteiger partial charge in [-0.15, -0.1) is 0 Å². The molecule has 1 atom stereocenters. The minimum absolute atomic E-state index is 0.00715. The number of carbonyl (C=O) groups excluding carboxylic acids is 1. The van der Waals surface area contributed by atoms with E-state index >= 15 is 0 Å². The molecule has 0 N–H and O–H groups in total. The lowest BCUT2D eigenvalue weighted by molar-refractivity contribution is -0.140. The largest absolute Gasteiger partial charge is 0.483 e. The highest BCUT2D eigenvalue weighted by Crippen LogP contribution is 2.58. The Morgan fingerprint density at radius 2 is 2.08 bits per heavy atom. The lowest BCUT2D eigenvalue weighted by Gasteiger charge is -2.43. The van der Waals surface area contributed by atoms with Crippen LogP contribution in [0.3, 0.4) is 0 Å². The lowest BCUT2D eigenvalue weighted by atomic mass is 9.68. The van der Waals surface area contributed by atoms with Gasteiger partial charge in [0.05, 0.1) is 6.10 Å². The van der Waals surface area contributed by atoms with Crippen LogP contribution in [0.15, 0.2) is 27.7 Å². The van der Waals surface area contributed by atoms with Crippen LogP contribution in [0.4, 0.5) is 0 Å². The van der Waals surface area contributed by atoms with Crippen molar-refractivity contribution in [3.8, 4) is 5.75 Å². The third-order valence-corrected chi connectivity index (χ3v) is 6.29. The fourth-order valence-corrected chi connectivity index (χ4v) is 4.75. The summed E-state index contributed by atoms with van der Waals surface area (Å²) in [6.07, 6.45) is 3.49. The second-order valence-corrected chi connectivity index (χ2v) is 7.82. The van der Waals surface area contributed by atoms with Crippen molar-refractivity contribution in [3.05, 3.63) is 28.2 Å². The number of amidine groups is 1. The number of carbonyl (C=O) groups is 1. The quantitative estimate of drug-likeness (QED) is 0.736. The number of rotatable bonds is 1. The Hall–Kier alpha value is -1.40. The molecular weight excluding hydrogens is 372 g/mol. The molecule has 3 aliphatic rings. The lowest BCUT2D eigenvalue weighted by Crippen LogP contribution is -2.57. The minimum Gasteiger partial charge on any atom is -0.483 e. The Labute approximate surface area is 150 Å². The van der Waals surface area contributed by atoms with Crippen molar-refractivity contribution in [2.24, 2.45) is 4.99 Å². The van der Waals surface area contributed by atoms with Crippen LogP contribution >= 0.6 is 15.9 Å². The van der Waals surface area contributed by atoms with Gasteiger partial charge in [-0.1, -0.05) is 15.9 Å². The Kier molecular flexibility index (Phi) is 3.55. The predicted octanol–water partition coefficient (Wildman–Crippen LogP) is 3.26. The molecular formula is C18H21BrN2O3. The third kappa shape index (κ3) is 1.90. The normalized spacial score (nSPS) is 34.7. The van der Waals surface area contributed by atoms with E-state index in [9.17, 15) is 4.79 Å². The first-order chi connectivity index (χ1) is 11.4. The van der Waals surface area contributed by atoms with Crippen molar-refractivity contribution in [1.29, 1.82) is 0 Å². The average Bonchev–Trinajstić information content (AvgIpc) is 2.97. The first-order valence-corrected chi connectivity index (χ1v) is 9.09. The molecule has 0 aromatic heterocycles. The smallest absolute Gasteiger partial charge is 0.264 e. The summed E-state index contributed by atoms with van der Waals surface area (Å²) in [4.78, 5) is 19.9. The van der Waals surface area contributed by atoms with E-state index < -0.39 is 11.1 Å². The molecule has 1 amide bonds. The standard InChI is InChI=1S/C18H21BrN2O3/c1-11-20-18(16(22)21(11)2)14-10-12(19)4-5-15(14)24-17(18)8-6-13(23-3)7-9-17/h4-5,10,13H,6-9H2,1-3H3. The fraction of sp³-hybridized carbons (Fsp3) is 0.556. The number of aliphatic imine (C=N–C) groups is 1. The summed E-state index contributed by atoms with van der Waals surface area (Å²) < 4.78 is 12.9. The molecule has 0 bridgehead atoms. The highest BCUT2D eigenvalue weighted by molar-refractivity contribution is 9.10. The summed E-state index contributed by atoms with van der Waals surface area (Å²) >= 11 is 3.53. The highest BCUT2D eigenvalue weighted by Gasteiger charge is 2.68. The van der Waals surface area contributed by atoms with Crippen molar-refractivity contribution in [2.45, 2.75) is 49.9 Å². The van der Waals surface area contributed by atoms with E-state index in [4.69, 9.17) is 14.5 Å². The molecule has 1 unspecified atom stereocenters. The SMILES string of the molecule is COC1CCC2(CC1)Oc1ccc(Br)cc1C21N=C(C)N(C)C1=O. The van der Waals surface area contributed by atoms with Gasteiger partial charge in [0.2, 0.25) is 5.54 Å². The maximum absolute atomic E-state index is 13.3. The second kappa shape index (κ2) is 5.30. The van der Waals surface area contributed by atoms with E-state index in [1.165, 1.54) is 0 Å². The first kappa shape index (κ1) is 16.1. The molecule has 0 radical (unpaired) electrons. The molecule has 2 aliphatic heterocycles. The van der Waals surface area contributed by atoms with Crippen molar-refractivity contribution in [1.82, 2.24) is 4.90 Å². The van der Waals surface area contributed by atoms with E-state index in [-0.39, 0.29) is 12.0 Å². The van der Waals surface area contributed by atoms with Crippen LogP contribution in [-0.4, -0.2) is 42.5 Å². The van der Waals surface area contributed by atoms with Gasteiger partial charge in [-0.3, -0.25) is 4.79 Å². The number of amides is 1. The molecule has 1 aromatic carbocycles. The molecule has 2 spiro atoms. The van der Waals surface area contributed by atoms with Gasteiger partial charge < -0.3 is 14.4 Å². The average molecular weight is 393 g/mol. The van der Waals surface area contributed by atoms with E-state index in [1.54, 1.807) is 19.1 Å². The molecule has 6 heteroatoms. The third-order valence-electron chi connectivity index (χ3n) is 5.80. The van der Waals surface area contributed by atoms with Crippen LogP contribution < -0.4 is 4.74 Å². The van der Waals surface area contributed by atoms with Gasteiger partial charge in [0.15, 0.2) is 0 Å². The van der Waals surface area contributed by atoms with Crippen molar-refractivity contribution < 1.29 is 14.3 Å². The summed E-state index contributed by atoms with van der Waals surface area (Å²) in [5.41, 5.74) is -0.709. The van der Waals surface area contributed by atoms with Crippen LogP contribution in [-0.2, 0) is 15.1 Å². The number of halogens is 1. The minimum atomic E-state index is -0.969. The van der Waals surface area contributed by atoms with E-state index in [1.807, 2.05) is 25.1 Å². The number of benzene rings is 1. The van der Waals surface area contributed by atoms with Crippen molar-refractivity contribution >= 4 is 27.7 Å². The van der Waals surface area contributed by atoms with Crippen LogP contribution in [0.25, 0.3) is 0 Å². The Balaban J connectivity index is 1.89. The number of hydrogen-bond donors (Lipinski definition) is 0. The summed E-state index contributed by atoms with van der Waals surface area (Å²) in [5, 5.41) is 0. The molecule has 5 nitrogen and oxygen atoms in total. The molecule has 0 saturated heterocycles. The van der Waals surface area contributed by atoms with Crippen LogP contribution in [0, 0.1) is 0 Å². The van der Waals surface area contributed by atoms with Crippen LogP contribution in [0.1, 0.15) is 38.2 Å². The second-order valence-electron chi connectivity index (χ2n) is 6.91.